The lowest BCUT2D eigenvalue weighted by atomic mass is 10.1. The predicted molar refractivity (Wildman–Crippen MR) is 93.0 cm³/mol. The quantitative estimate of drug-likeness (QED) is 0.422. The van der Waals surface area contributed by atoms with Gasteiger partial charge in [-0.15, -0.1) is 0 Å². The van der Waals surface area contributed by atoms with E-state index < -0.39 is 17.7 Å². The normalized spacial score (nSPS) is 19.4. The highest BCUT2D eigenvalue weighted by atomic mass is 16.7. The van der Waals surface area contributed by atoms with Crippen molar-refractivity contribution >= 4 is 18.0 Å². The van der Waals surface area contributed by atoms with Gasteiger partial charge in [0.25, 0.3) is 5.79 Å². The molecule has 2 fully saturated rings. The summed E-state index contributed by atoms with van der Waals surface area (Å²) in [5.74, 6) is -1.93. The summed E-state index contributed by atoms with van der Waals surface area (Å²) in [4.78, 5) is 24.4. The van der Waals surface area contributed by atoms with Crippen molar-refractivity contribution in [2.75, 3.05) is 26.9 Å². The van der Waals surface area contributed by atoms with Crippen molar-refractivity contribution in [2.45, 2.75) is 32.3 Å². The lowest BCUT2D eigenvalue weighted by molar-refractivity contribution is -0.222. The second-order valence-corrected chi connectivity index (χ2v) is 6.42. The lowest BCUT2D eigenvalue weighted by Crippen LogP contribution is -2.41. The first-order chi connectivity index (χ1) is 12.9. The molecule has 2 aliphatic heterocycles. The van der Waals surface area contributed by atoms with Crippen LogP contribution in [0.15, 0.2) is 23.8 Å². The van der Waals surface area contributed by atoms with Gasteiger partial charge in [0.15, 0.2) is 17.8 Å². The fourth-order valence-corrected chi connectivity index (χ4v) is 2.73. The van der Waals surface area contributed by atoms with Crippen LogP contribution in [0.4, 0.5) is 0 Å². The number of methoxy groups -OCH3 is 1. The Morgan fingerprint density at radius 1 is 1.15 bits per heavy atom. The number of carbonyl (C=O) groups excluding carboxylic acids is 2. The molecule has 0 atom stereocenters. The van der Waals surface area contributed by atoms with Crippen LogP contribution in [0.2, 0.25) is 0 Å². The Kier molecular flexibility index (Phi) is 5.67. The minimum atomic E-state index is -1.29. The maximum Gasteiger partial charge on any atom is 0.348 e. The maximum absolute atomic E-state index is 12.2. The molecule has 27 heavy (non-hydrogen) atoms. The van der Waals surface area contributed by atoms with Gasteiger partial charge >= 0.3 is 11.9 Å². The first-order valence-electron chi connectivity index (χ1n) is 8.61. The summed E-state index contributed by atoms with van der Waals surface area (Å²) in [6.45, 7) is 4.43. The minimum absolute atomic E-state index is 0.213. The Balaban J connectivity index is 1.82. The average molecular weight is 378 g/mol. The molecular formula is C19H22O8. The number of ether oxygens (including phenoxy) is 6. The van der Waals surface area contributed by atoms with Gasteiger partial charge < -0.3 is 28.4 Å². The smallest absolute Gasteiger partial charge is 0.348 e. The molecule has 0 saturated carbocycles. The molecule has 146 valence electrons. The SMILES string of the molecule is COc1cccc(C=C2C(=O)OC(C)(C)OC2=O)c1OCCC1OCCO1. The fourth-order valence-electron chi connectivity index (χ4n) is 2.73. The summed E-state index contributed by atoms with van der Waals surface area (Å²) in [7, 11) is 1.51. The summed E-state index contributed by atoms with van der Waals surface area (Å²) in [6.07, 6.45) is 1.61. The minimum Gasteiger partial charge on any atom is -0.493 e. The molecule has 2 saturated heterocycles. The summed E-state index contributed by atoms with van der Waals surface area (Å²) in [6, 6.07) is 5.15. The molecule has 8 nitrogen and oxygen atoms in total. The zero-order valence-electron chi connectivity index (χ0n) is 15.5. The highest BCUT2D eigenvalue weighted by Crippen LogP contribution is 2.34. The zero-order valence-corrected chi connectivity index (χ0v) is 15.5. The van der Waals surface area contributed by atoms with Crippen LogP contribution in [0.25, 0.3) is 6.08 Å². The molecule has 0 bridgehead atoms. The van der Waals surface area contributed by atoms with E-state index in [1.165, 1.54) is 27.0 Å². The second kappa shape index (κ2) is 7.98. The number of carbonyl (C=O) groups is 2. The van der Waals surface area contributed by atoms with Gasteiger partial charge in [0, 0.05) is 25.8 Å². The Morgan fingerprint density at radius 3 is 2.44 bits per heavy atom. The molecule has 0 spiro atoms. The van der Waals surface area contributed by atoms with Gasteiger partial charge in [0.2, 0.25) is 0 Å². The first-order valence-corrected chi connectivity index (χ1v) is 8.61. The molecule has 0 aromatic heterocycles. The molecule has 8 heteroatoms. The van der Waals surface area contributed by atoms with Crippen LogP contribution < -0.4 is 9.47 Å². The highest BCUT2D eigenvalue weighted by Gasteiger charge is 2.39. The molecule has 0 N–H and O–H groups in total. The zero-order chi connectivity index (χ0) is 19.4. The Hall–Kier alpha value is -2.58. The van der Waals surface area contributed by atoms with Crippen molar-refractivity contribution in [1.82, 2.24) is 0 Å². The predicted octanol–water partition coefficient (Wildman–Crippen LogP) is 2.06. The molecular weight excluding hydrogens is 356 g/mol. The molecule has 3 rings (SSSR count). The molecule has 0 amide bonds. The Morgan fingerprint density at radius 2 is 1.81 bits per heavy atom. The van der Waals surface area contributed by atoms with Crippen LogP contribution in [0.3, 0.4) is 0 Å². The monoisotopic (exact) mass is 378 g/mol. The van der Waals surface area contributed by atoms with Crippen molar-refractivity contribution in [3.63, 3.8) is 0 Å². The van der Waals surface area contributed by atoms with E-state index in [9.17, 15) is 9.59 Å². The number of hydrogen-bond donors (Lipinski definition) is 0. The van der Waals surface area contributed by atoms with Crippen LogP contribution in [0.1, 0.15) is 25.8 Å². The van der Waals surface area contributed by atoms with Crippen molar-refractivity contribution < 1.29 is 38.0 Å². The van der Waals surface area contributed by atoms with Gasteiger partial charge in [-0.1, -0.05) is 12.1 Å². The van der Waals surface area contributed by atoms with E-state index in [0.717, 1.165) is 0 Å². The van der Waals surface area contributed by atoms with Crippen molar-refractivity contribution in [2.24, 2.45) is 0 Å². The molecule has 1 aromatic rings. The molecule has 2 heterocycles. The third-order valence-electron chi connectivity index (χ3n) is 3.94. The highest BCUT2D eigenvalue weighted by molar-refractivity contribution is 6.19. The van der Waals surface area contributed by atoms with E-state index in [2.05, 4.69) is 0 Å². The van der Waals surface area contributed by atoms with Gasteiger partial charge in [-0.3, -0.25) is 0 Å². The van der Waals surface area contributed by atoms with Gasteiger partial charge in [-0.05, 0) is 12.1 Å². The Bertz CT molecular complexity index is 724. The average Bonchev–Trinajstić information content (AvgIpc) is 3.11. The molecule has 1 aromatic carbocycles. The molecule has 0 unspecified atom stereocenters. The largest absolute Gasteiger partial charge is 0.493 e. The van der Waals surface area contributed by atoms with Gasteiger partial charge in [-0.25, -0.2) is 9.59 Å². The van der Waals surface area contributed by atoms with E-state index in [-0.39, 0.29) is 11.9 Å². The standard InChI is InChI=1S/C19H22O8/c1-19(2)26-17(20)13(18(21)27-19)11-12-5-4-6-14(22-3)16(12)25-8-7-15-23-9-10-24-15/h4-6,11,15H,7-10H2,1-3H3. The van der Waals surface area contributed by atoms with E-state index in [1.807, 2.05) is 0 Å². The number of hydrogen-bond acceptors (Lipinski definition) is 8. The Labute approximate surface area is 156 Å². The first kappa shape index (κ1) is 19.2. The third-order valence-corrected chi connectivity index (χ3v) is 3.94. The van der Waals surface area contributed by atoms with E-state index >= 15 is 0 Å². The number of cyclic esters (lactones) is 2. The van der Waals surface area contributed by atoms with Crippen LogP contribution in [-0.4, -0.2) is 50.9 Å². The third kappa shape index (κ3) is 4.58. The van der Waals surface area contributed by atoms with Crippen LogP contribution >= 0.6 is 0 Å². The number of esters is 2. The second-order valence-electron chi connectivity index (χ2n) is 6.42. The maximum atomic E-state index is 12.2. The number of benzene rings is 1. The van der Waals surface area contributed by atoms with Crippen LogP contribution in [0.5, 0.6) is 11.5 Å². The van der Waals surface area contributed by atoms with Gasteiger partial charge in [0.05, 0.1) is 26.9 Å². The number of para-hydroxylation sites is 1. The molecule has 0 radical (unpaired) electrons. The van der Waals surface area contributed by atoms with Crippen molar-refractivity contribution in [3.05, 3.63) is 29.3 Å². The van der Waals surface area contributed by atoms with E-state index in [1.54, 1.807) is 18.2 Å². The summed E-state index contributed by atoms with van der Waals surface area (Å²) >= 11 is 0. The fraction of sp³-hybridized carbons (Fsp3) is 0.474. The van der Waals surface area contributed by atoms with Crippen LogP contribution in [-0.2, 0) is 28.5 Å². The van der Waals surface area contributed by atoms with Gasteiger partial charge in [0.1, 0.15) is 5.57 Å². The van der Waals surface area contributed by atoms with Crippen molar-refractivity contribution in [3.8, 4) is 11.5 Å². The molecule has 2 aliphatic rings. The summed E-state index contributed by atoms with van der Waals surface area (Å²) in [5.41, 5.74) is 0.279. The lowest BCUT2D eigenvalue weighted by Gasteiger charge is -2.29. The van der Waals surface area contributed by atoms with Crippen LogP contribution in [0, 0.1) is 0 Å². The number of rotatable bonds is 6. The molecule has 0 aliphatic carbocycles. The topological polar surface area (TPSA) is 89.5 Å². The van der Waals surface area contributed by atoms with Crippen molar-refractivity contribution in [1.29, 1.82) is 0 Å². The summed E-state index contributed by atoms with van der Waals surface area (Å²) in [5, 5.41) is 0. The van der Waals surface area contributed by atoms with E-state index in [4.69, 9.17) is 28.4 Å². The van der Waals surface area contributed by atoms with Gasteiger partial charge in [-0.2, -0.15) is 0 Å². The van der Waals surface area contributed by atoms with E-state index in [0.29, 0.717) is 43.3 Å². The summed E-state index contributed by atoms with van der Waals surface area (Å²) < 4.78 is 32.2.